The first-order valence-corrected chi connectivity index (χ1v) is 5.50. The maximum Gasteiger partial charge on any atom is 0.326 e. The topological polar surface area (TPSA) is 79.3 Å². The molecule has 0 saturated heterocycles. The minimum atomic E-state index is -1.05. The van der Waals surface area contributed by atoms with Crippen molar-refractivity contribution in [3.8, 4) is 0 Å². The molecular formula is C10H11BrN2O3. The fourth-order valence-corrected chi connectivity index (χ4v) is 1.45. The van der Waals surface area contributed by atoms with Gasteiger partial charge in [-0.05, 0) is 34.5 Å². The van der Waals surface area contributed by atoms with Crippen molar-refractivity contribution in [2.45, 2.75) is 19.4 Å². The molecule has 1 aromatic rings. The second-order valence-corrected chi connectivity index (χ2v) is 3.93. The molecule has 0 spiro atoms. The zero-order valence-corrected chi connectivity index (χ0v) is 10.2. The molecule has 5 nitrogen and oxygen atoms in total. The SMILES string of the molecule is CC[C@H](NC(=O)c1cccc(Br)n1)C(=O)O. The number of aliphatic carboxylic acids is 1. The fraction of sp³-hybridized carbons (Fsp3) is 0.300. The number of pyridine rings is 1. The molecule has 0 aliphatic rings. The predicted molar refractivity (Wildman–Crippen MR) is 61.1 cm³/mol. The Labute approximate surface area is 101 Å². The summed E-state index contributed by atoms with van der Waals surface area (Å²) in [5, 5.41) is 11.2. The first-order valence-electron chi connectivity index (χ1n) is 4.70. The van der Waals surface area contributed by atoms with Crippen LogP contribution in [0.3, 0.4) is 0 Å². The minimum absolute atomic E-state index is 0.189. The summed E-state index contributed by atoms with van der Waals surface area (Å²) in [6.45, 7) is 1.69. The molecule has 0 aliphatic carbocycles. The van der Waals surface area contributed by atoms with Crippen LogP contribution in [0.5, 0.6) is 0 Å². The molecule has 0 fully saturated rings. The van der Waals surface area contributed by atoms with Gasteiger partial charge in [-0.1, -0.05) is 13.0 Å². The normalized spacial score (nSPS) is 11.9. The van der Waals surface area contributed by atoms with Crippen LogP contribution >= 0.6 is 15.9 Å². The Bertz CT molecular complexity index is 409. The lowest BCUT2D eigenvalue weighted by molar-refractivity contribution is -0.139. The number of carboxylic acids is 1. The van der Waals surface area contributed by atoms with E-state index in [9.17, 15) is 9.59 Å². The maximum absolute atomic E-state index is 11.6. The Morgan fingerprint density at radius 3 is 2.75 bits per heavy atom. The van der Waals surface area contributed by atoms with E-state index in [2.05, 4.69) is 26.2 Å². The van der Waals surface area contributed by atoms with Gasteiger partial charge in [0.1, 0.15) is 16.3 Å². The number of nitrogens with zero attached hydrogens (tertiary/aromatic N) is 1. The molecular weight excluding hydrogens is 276 g/mol. The summed E-state index contributed by atoms with van der Waals surface area (Å²) in [5.74, 6) is -1.54. The number of amides is 1. The van der Waals surface area contributed by atoms with Crippen LogP contribution in [0.1, 0.15) is 23.8 Å². The highest BCUT2D eigenvalue weighted by Crippen LogP contribution is 2.06. The Hall–Kier alpha value is -1.43. The maximum atomic E-state index is 11.6. The van der Waals surface area contributed by atoms with Crippen LogP contribution in [0, 0.1) is 0 Å². The number of nitrogens with one attached hydrogen (secondary N) is 1. The van der Waals surface area contributed by atoms with Crippen LogP contribution in [0.25, 0.3) is 0 Å². The highest BCUT2D eigenvalue weighted by atomic mass is 79.9. The highest BCUT2D eigenvalue weighted by Gasteiger charge is 2.18. The van der Waals surface area contributed by atoms with E-state index in [1.54, 1.807) is 19.1 Å². The molecule has 0 radical (unpaired) electrons. The molecule has 16 heavy (non-hydrogen) atoms. The average molecular weight is 287 g/mol. The molecule has 1 rings (SSSR count). The number of hydrogen-bond acceptors (Lipinski definition) is 3. The predicted octanol–water partition coefficient (Wildman–Crippen LogP) is 1.44. The summed E-state index contributed by atoms with van der Waals surface area (Å²) in [6, 6.07) is 3.99. The van der Waals surface area contributed by atoms with E-state index in [1.807, 2.05) is 0 Å². The van der Waals surface area contributed by atoms with Gasteiger partial charge in [-0.3, -0.25) is 4.79 Å². The van der Waals surface area contributed by atoms with E-state index in [-0.39, 0.29) is 5.69 Å². The van der Waals surface area contributed by atoms with Crippen molar-refractivity contribution in [3.05, 3.63) is 28.5 Å². The molecule has 0 saturated carbocycles. The third-order valence-electron chi connectivity index (χ3n) is 1.96. The van der Waals surface area contributed by atoms with Crippen LogP contribution in [0.15, 0.2) is 22.8 Å². The van der Waals surface area contributed by atoms with Gasteiger partial charge < -0.3 is 10.4 Å². The van der Waals surface area contributed by atoms with E-state index in [0.29, 0.717) is 11.0 Å². The number of rotatable bonds is 4. The molecule has 0 aliphatic heterocycles. The van der Waals surface area contributed by atoms with Crippen molar-refractivity contribution < 1.29 is 14.7 Å². The molecule has 1 atom stereocenters. The van der Waals surface area contributed by atoms with Crippen LogP contribution in [-0.4, -0.2) is 28.0 Å². The Kier molecular flexibility index (Phi) is 4.42. The molecule has 0 aromatic carbocycles. The van der Waals surface area contributed by atoms with Crippen molar-refractivity contribution in [2.75, 3.05) is 0 Å². The van der Waals surface area contributed by atoms with Gasteiger partial charge in [0.15, 0.2) is 0 Å². The summed E-state index contributed by atoms with van der Waals surface area (Å²) in [7, 11) is 0. The van der Waals surface area contributed by atoms with Crippen molar-refractivity contribution in [3.63, 3.8) is 0 Å². The Balaban J connectivity index is 2.75. The molecule has 0 unspecified atom stereocenters. The standard InChI is InChI=1S/C10H11BrN2O3/c1-2-6(10(15)16)13-9(14)7-4-3-5-8(11)12-7/h3-6H,2H2,1H3,(H,13,14)(H,15,16)/t6-/m0/s1. The number of carbonyl (C=O) groups excluding carboxylic acids is 1. The molecule has 2 N–H and O–H groups in total. The van der Waals surface area contributed by atoms with Crippen LogP contribution in [0.2, 0.25) is 0 Å². The molecule has 1 amide bonds. The average Bonchev–Trinajstić information content (AvgIpc) is 2.25. The summed E-state index contributed by atoms with van der Waals surface area (Å²) in [4.78, 5) is 26.3. The van der Waals surface area contributed by atoms with Crippen molar-refractivity contribution in [1.82, 2.24) is 10.3 Å². The second-order valence-electron chi connectivity index (χ2n) is 3.12. The highest BCUT2D eigenvalue weighted by molar-refractivity contribution is 9.10. The van der Waals surface area contributed by atoms with Gasteiger partial charge in [0.05, 0.1) is 0 Å². The second kappa shape index (κ2) is 5.60. The van der Waals surface area contributed by atoms with Gasteiger partial charge >= 0.3 is 5.97 Å². The zero-order chi connectivity index (χ0) is 12.1. The minimum Gasteiger partial charge on any atom is -0.480 e. The van der Waals surface area contributed by atoms with Gasteiger partial charge in [0, 0.05) is 0 Å². The summed E-state index contributed by atoms with van der Waals surface area (Å²) >= 11 is 3.14. The Morgan fingerprint density at radius 1 is 1.56 bits per heavy atom. The van der Waals surface area contributed by atoms with Gasteiger partial charge in [-0.15, -0.1) is 0 Å². The van der Waals surface area contributed by atoms with Gasteiger partial charge in [-0.25, -0.2) is 9.78 Å². The van der Waals surface area contributed by atoms with Gasteiger partial charge in [0.25, 0.3) is 5.91 Å². The summed E-state index contributed by atoms with van der Waals surface area (Å²) in [6.07, 6.45) is 0.328. The van der Waals surface area contributed by atoms with Crippen LogP contribution in [0.4, 0.5) is 0 Å². The zero-order valence-electron chi connectivity index (χ0n) is 8.61. The van der Waals surface area contributed by atoms with Crippen molar-refractivity contribution in [2.24, 2.45) is 0 Å². The van der Waals surface area contributed by atoms with E-state index in [1.165, 1.54) is 6.07 Å². The van der Waals surface area contributed by atoms with Crippen molar-refractivity contribution in [1.29, 1.82) is 0 Å². The third-order valence-corrected chi connectivity index (χ3v) is 2.40. The molecule has 6 heteroatoms. The fourth-order valence-electron chi connectivity index (χ4n) is 1.11. The van der Waals surface area contributed by atoms with Gasteiger partial charge in [-0.2, -0.15) is 0 Å². The number of hydrogen-bond donors (Lipinski definition) is 2. The van der Waals surface area contributed by atoms with Crippen molar-refractivity contribution >= 4 is 27.8 Å². The van der Waals surface area contributed by atoms with E-state index < -0.39 is 17.9 Å². The number of aromatic nitrogens is 1. The molecule has 1 aromatic heterocycles. The molecule has 1 heterocycles. The lowest BCUT2D eigenvalue weighted by Gasteiger charge is -2.11. The lowest BCUT2D eigenvalue weighted by Crippen LogP contribution is -2.40. The smallest absolute Gasteiger partial charge is 0.326 e. The van der Waals surface area contributed by atoms with E-state index >= 15 is 0 Å². The largest absolute Gasteiger partial charge is 0.480 e. The quantitative estimate of drug-likeness (QED) is 0.821. The Morgan fingerprint density at radius 2 is 2.25 bits per heavy atom. The monoisotopic (exact) mass is 286 g/mol. The van der Waals surface area contributed by atoms with E-state index in [0.717, 1.165) is 0 Å². The van der Waals surface area contributed by atoms with Crippen LogP contribution in [-0.2, 0) is 4.79 Å². The third kappa shape index (κ3) is 3.30. The summed E-state index contributed by atoms with van der Waals surface area (Å²) < 4.78 is 0.531. The molecule has 86 valence electrons. The first-order chi connectivity index (χ1) is 7.54. The van der Waals surface area contributed by atoms with Crippen LogP contribution < -0.4 is 5.32 Å². The summed E-state index contributed by atoms with van der Waals surface area (Å²) in [5.41, 5.74) is 0.189. The first kappa shape index (κ1) is 12.6. The number of carbonyl (C=O) groups is 2. The molecule has 0 bridgehead atoms. The number of carboxylic acid groups (broad SMARTS) is 1. The van der Waals surface area contributed by atoms with E-state index in [4.69, 9.17) is 5.11 Å². The van der Waals surface area contributed by atoms with Gasteiger partial charge in [0.2, 0.25) is 0 Å². The number of halogens is 1. The lowest BCUT2D eigenvalue weighted by atomic mass is 10.2.